The molecule has 1 heterocycles. The zero-order chi connectivity index (χ0) is 19.5. The summed E-state index contributed by atoms with van der Waals surface area (Å²) in [5.41, 5.74) is 1.30. The molecule has 1 aromatic heterocycles. The maximum Gasteiger partial charge on any atom is 0.242 e. The molecule has 9 heteroatoms. The van der Waals surface area contributed by atoms with Crippen LogP contribution in [0.4, 0.5) is 0 Å². The third-order valence-electron chi connectivity index (χ3n) is 3.97. The highest BCUT2D eigenvalue weighted by molar-refractivity contribution is 14.0. The van der Waals surface area contributed by atoms with E-state index in [-0.39, 0.29) is 41.5 Å². The van der Waals surface area contributed by atoms with Crippen LogP contribution in [0.5, 0.6) is 0 Å². The van der Waals surface area contributed by atoms with Gasteiger partial charge in [-0.05, 0) is 37.5 Å². The average molecular weight is 517 g/mol. The predicted molar refractivity (Wildman–Crippen MR) is 124 cm³/mol. The van der Waals surface area contributed by atoms with Crippen molar-refractivity contribution in [3.8, 4) is 0 Å². The van der Waals surface area contributed by atoms with Gasteiger partial charge < -0.3 is 10.6 Å². The Hall–Kier alpha value is -1.72. The van der Waals surface area contributed by atoms with Crippen LogP contribution < -0.4 is 15.4 Å². The number of benzene rings is 1. The average Bonchev–Trinajstić information content (AvgIpc) is 2.70. The normalized spacial score (nSPS) is 12.7. The van der Waals surface area contributed by atoms with Gasteiger partial charge in [-0.2, -0.15) is 0 Å². The lowest BCUT2D eigenvalue weighted by atomic mass is 10.1. The number of guanidine groups is 1. The van der Waals surface area contributed by atoms with Gasteiger partial charge in [0.15, 0.2) is 5.96 Å². The predicted octanol–water partition coefficient (Wildman–Crippen LogP) is 2.16. The number of aryl methyl sites for hydroxylation is 1. The van der Waals surface area contributed by atoms with Gasteiger partial charge in [0.25, 0.3) is 0 Å². The summed E-state index contributed by atoms with van der Waals surface area (Å²) < 4.78 is 26.8. The van der Waals surface area contributed by atoms with Gasteiger partial charge >= 0.3 is 0 Å². The molecular formula is C19H28IN5O2S. The summed E-state index contributed by atoms with van der Waals surface area (Å²) >= 11 is 0. The molecule has 1 aromatic carbocycles. The molecule has 7 nitrogen and oxygen atoms in total. The van der Waals surface area contributed by atoms with Crippen LogP contribution in [-0.2, 0) is 16.4 Å². The molecule has 2 rings (SSSR count). The summed E-state index contributed by atoms with van der Waals surface area (Å²) in [6.45, 7) is 2.77. The number of aliphatic imine (C=N–C) groups is 1. The van der Waals surface area contributed by atoms with Crippen LogP contribution in [0.3, 0.4) is 0 Å². The van der Waals surface area contributed by atoms with Crippen LogP contribution in [0.15, 0.2) is 64.7 Å². The minimum Gasteiger partial charge on any atom is -0.355 e. The summed E-state index contributed by atoms with van der Waals surface area (Å²) in [5, 5.41) is 6.44. The molecule has 0 radical (unpaired) electrons. The second-order valence-corrected chi connectivity index (χ2v) is 7.92. The number of sulfonamides is 1. The van der Waals surface area contributed by atoms with E-state index in [1.807, 2.05) is 18.2 Å². The van der Waals surface area contributed by atoms with Gasteiger partial charge in [0.05, 0.1) is 0 Å². The Morgan fingerprint density at radius 1 is 1.14 bits per heavy atom. The number of hydrogen-bond acceptors (Lipinski definition) is 4. The van der Waals surface area contributed by atoms with E-state index in [0.717, 1.165) is 12.8 Å². The van der Waals surface area contributed by atoms with Crippen LogP contribution in [0, 0.1) is 0 Å². The van der Waals surface area contributed by atoms with Crippen molar-refractivity contribution in [1.29, 1.82) is 0 Å². The van der Waals surface area contributed by atoms with Gasteiger partial charge in [0.1, 0.15) is 4.90 Å². The Balaban J connectivity index is 0.00000392. The van der Waals surface area contributed by atoms with Gasteiger partial charge in [-0.25, -0.2) is 13.1 Å². The largest absolute Gasteiger partial charge is 0.355 e. The number of rotatable bonds is 9. The smallest absolute Gasteiger partial charge is 0.242 e. The lowest BCUT2D eigenvalue weighted by molar-refractivity contribution is 0.576. The summed E-state index contributed by atoms with van der Waals surface area (Å²) in [5.74, 6) is 0.649. The number of aromatic nitrogens is 1. The van der Waals surface area contributed by atoms with E-state index in [0.29, 0.717) is 12.5 Å². The van der Waals surface area contributed by atoms with Gasteiger partial charge in [0.2, 0.25) is 10.0 Å². The van der Waals surface area contributed by atoms with Crippen LogP contribution in [0.25, 0.3) is 0 Å². The summed E-state index contributed by atoms with van der Waals surface area (Å²) in [6.07, 6.45) is 4.81. The highest BCUT2D eigenvalue weighted by Gasteiger charge is 2.13. The second-order valence-electron chi connectivity index (χ2n) is 6.16. The first-order chi connectivity index (χ1) is 13.0. The molecule has 0 aliphatic rings. The molecule has 154 valence electrons. The van der Waals surface area contributed by atoms with E-state index >= 15 is 0 Å². The maximum atomic E-state index is 12.1. The van der Waals surface area contributed by atoms with Crippen LogP contribution >= 0.6 is 24.0 Å². The van der Waals surface area contributed by atoms with Crippen molar-refractivity contribution in [2.45, 2.75) is 30.7 Å². The molecule has 0 saturated heterocycles. The Morgan fingerprint density at radius 3 is 2.54 bits per heavy atom. The molecule has 0 amide bonds. The summed E-state index contributed by atoms with van der Waals surface area (Å²) in [6, 6.07) is 13.7. The molecule has 1 atom stereocenters. The zero-order valence-electron chi connectivity index (χ0n) is 16.1. The fraction of sp³-hybridized carbons (Fsp3) is 0.368. The van der Waals surface area contributed by atoms with E-state index in [4.69, 9.17) is 0 Å². The fourth-order valence-electron chi connectivity index (χ4n) is 2.48. The first-order valence-corrected chi connectivity index (χ1v) is 10.4. The quantitative estimate of drug-likeness (QED) is 0.205. The van der Waals surface area contributed by atoms with Crippen LogP contribution in [0.1, 0.15) is 18.9 Å². The minimum atomic E-state index is -3.54. The van der Waals surface area contributed by atoms with Crippen LogP contribution in [-0.4, -0.2) is 45.5 Å². The first-order valence-electron chi connectivity index (χ1n) is 8.92. The lowest BCUT2D eigenvalue weighted by Crippen LogP contribution is -2.44. The molecule has 0 bridgehead atoms. The Morgan fingerprint density at radius 2 is 1.89 bits per heavy atom. The third kappa shape index (κ3) is 8.53. The Kier molecular flexibility index (Phi) is 11.0. The first kappa shape index (κ1) is 24.3. The molecule has 28 heavy (non-hydrogen) atoms. The molecule has 0 aliphatic heterocycles. The molecule has 3 N–H and O–H groups in total. The maximum absolute atomic E-state index is 12.1. The van der Waals surface area contributed by atoms with Crippen molar-refractivity contribution in [3.05, 3.63) is 60.4 Å². The second kappa shape index (κ2) is 12.7. The molecule has 2 aromatic rings. The standard InChI is InChI=1S/C19H27N5O2S.HI/c1-16(10-11-17-7-4-3-5-8-17)24-19(20-2)22-13-14-23-27(25,26)18-9-6-12-21-15-18;/h3-9,12,15-16,23H,10-11,13-14H2,1-2H3,(H2,20,22,24);1H. The number of hydrogen-bond donors (Lipinski definition) is 3. The van der Waals surface area contributed by atoms with E-state index in [1.54, 1.807) is 13.1 Å². The fourth-order valence-corrected chi connectivity index (χ4v) is 3.48. The van der Waals surface area contributed by atoms with Crippen molar-refractivity contribution < 1.29 is 8.42 Å². The molecule has 1 unspecified atom stereocenters. The van der Waals surface area contributed by atoms with Gasteiger partial charge in [0, 0.05) is 38.6 Å². The Bertz CT molecular complexity index is 817. The third-order valence-corrected chi connectivity index (χ3v) is 5.42. The summed E-state index contributed by atoms with van der Waals surface area (Å²) in [4.78, 5) is 8.17. The molecule has 0 fully saturated rings. The summed E-state index contributed by atoms with van der Waals surface area (Å²) in [7, 11) is -1.85. The van der Waals surface area contributed by atoms with Gasteiger partial charge in [-0.3, -0.25) is 9.98 Å². The number of nitrogens with zero attached hydrogens (tertiary/aromatic N) is 2. The minimum absolute atomic E-state index is 0. The van der Waals surface area contributed by atoms with Crippen molar-refractivity contribution in [2.75, 3.05) is 20.1 Å². The zero-order valence-corrected chi connectivity index (χ0v) is 19.3. The highest BCUT2D eigenvalue weighted by atomic mass is 127. The van der Waals surface area contributed by atoms with Gasteiger partial charge in [-0.15, -0.1) is 24.0 Å². The molecule has 0 aliphatic carbocycles. The topological polar surface area (TPSA) is 95.5 Å². The van der Waals surface area contributed by atoms with E-state index < -0.39 is 10.0 Å². The van der Waals surface area contributed by atoms with E-state index in [2.05, 4.69) is 44.4 Å². The Labute approximate surface area is 184 Å². The molecule has 0 saturated carbocycles. The molecule has 0 spiro atoms. The number of halogens is 1. The van der Waals surface area contributed by atoms with Crippen molar-refractivity contribution in [1.82, 2.24) is 20.3 Å². The number of pyridine rings is 1. The van der Waals surface area contributed by atoms with E-state index in [1.165, 1.54) is 24.0 Å². The van der Waals surface area contributed by atoms with Gasteiger partial charge in [-0.1, -0.05) is 30.3 Å². The highest BCUT2D eigenvalue weighted by Crippen LogP contribution is 2.05. The monoisotopic (exact) mass is 517 g/mol. The van der Waals surface area contributed by atoms with E-state index in [9.17, 15) is 8.42 Å². The van der Waals surface area contributed by atoms with Crippen molar-refractivity contribution in [2.24, 2.45) is 4.99 Å². The molecular weight excluding hydrogens is 489 g/mol. The van der Waals surface area contributed by atoms with Crippen LogP contribution in [0.2, 0.25) is 0 Å². The lowest BCUT2D eigenvalue weighted by Gasteiger charge is -2.18. The number of nitrogens with one attached hydrogen (secondary N) is 3. The SMILES string of the molecule is CN=C(NCCNS(=O)(=O)c1cccnc1)NC(C)CCc1ccccc1.I. The van der Waals surface area contributed by atoms with Crippen molar-refractivity contribution >= 4 is 40.0 Å². The van der Waals surface area contributed by atoms with Crippen molar-refractivity contribution in [3.63, 3.8) is 0 Å².